The van der Waals surface area contributed by atoms with Gasteiger partial charge in [0.25, 0.3) is 0 Å². The lowest BCUT2D eigenvalue weighted by atomic mass is 10.1. The molecule has 0 unspecified atom stereocenters. The van der Waals surface area contributed by atoms with Crippen LogP contribution in [0.15, 0.2) is 0 Å². The molecule has 0 saturated heterocycles. The molecule has 0 rings (SSSR count). The van der Waals surface area contributed by atoms with Crippen LogP contribution in [-0.2, 0) is 4.74 Å². The van der Waals surface area contributed by atoms with E-state index in [4.69, 9.17) is 10.5 Å². The molecular weight excluding hydrogens is 158 g/mol. The fraction of sp³-hybridized carbons (Fsp3) is 1.00. The Hall–Kier alpha value is 0.270. The maximum absolute atomic E-state index is 5.80. The zero-order chi connectivity index (χ0) is 8.74. The number of thioether (sulfide) groups is 1. The van der Waals surface area contributed by atoms with Crippen LogP contribution in [0.4, 0.5) is 0 Å². The third kappa shape index (κ3) is 10.3. The highest BCUT2D eigenvalue weighted by Gasteiger charge is 2.09. The van der Waals surface area contributed by atoms with Crippen LogP contribution in [0.25, 0.3) is 0 Å². The lowest BCUT2D eigenvalue weighted by molar-refractivity contribution is 0.200. The van der Waals surface area contributed by atoms with E-state index in [0.29, 0.717) is 0 Å². The molecule has 68 valence electrons. The van der Waals surface area contributed by atoms with E-state index < -0.39 is 0 Å². The molecule has 2 N–H and O–H groups in total. The van der Waals surface area contributed by atoms with E-state index in [2.05, 4.69) is 13.8 Å². The maximum Gasteiger partial charge on any atom is 0.0470 e. The minimum atomic E-state index is -0.0300. The van der Waals surface area contributed by atoms with E-state index in [1.807, 2.05) is 11.8 Å². The lowest BCUT2D eigenvalue weighted by Crippen LogP contribution is -2.34. The van der Waals surface area contributed by atoms with Crippen LogP contribution in [0.3, 0.4) is 0 Å². The summed E-state index contributed by atoms with van der Waals surface area (Å²) in [5.41, 5.74) is 5.77. The molecule has 0 bridgehead atoms. The molecule has 0 fully saturated rings. The Kier molecular flexibility index (Phi) is 6.01. The van der Waals surface area contributed by atoms with Crippen molar-refractivity contribution in [3.8, 4) is 0 Å². The second kappa shape index (κ2) is 5.86. The molecule has 0 aliphatic rings. The predicted octanol–water partition coefficient (Wildman–Crippen LogP) is 1.49. The van der Waals surface area contributed by atoms with Crippen LogP contribution in [0, 0.1) is 0 Å². The number of ether oxygens (including phenoxy) is 1. The molecule has 0 aromatic rings. The van der Waals surface area contributed by atoms with Crippen molar-refractivity contribution in [2.45, 2.75) is 25.8 Å². The fourth-order valence-electron chi connectivity index (χ4n) is 0.641. The van der Waals surface area contributed by atoms with Crippen molar-refractivity contribution in [1.29, 1.82) is 0 Å². The molecule has 3 heteroatoms. The second-order valence-electron chi connectivity index (χ2n) is 3.39. The average Bonchev–Trinajstić information content (AvgIpc) is 1.85. The number of hydrogen-bond acceptors (Lipinski definition) is 3. The molecule has 2 nitrogen and oxygen atoms in total. The Balaban J connectivity index is 3.02. The molecule has 0 amide bonds. The molecule has 0 atom stereocenters. The Morgan fingerprint density at radius 1 is 1.45 bits per heavy atom. The van der Waals surface area contributed by atoms with E-state index in [0.717, 1.165) is 24.5 Å². The van der Waals surface area contributed by atoms with Crippen molar-refractivity contribution in [3.05, 3.63) is 0 Å². The van der Waals surface area contributed by atoms with Crippen LogP contribution >= 0.6 is 11.8 Å². The van der Waals surface area contributed by atoms with Crippen LogP contribution in [0.1, 0.15) is 20.3 Å². The van der Waals surface area contributed by atoms with Gasteiger partial charge in [-0.2, -0.15) is 11.8 Å². The molecule has 0 saturated carbocycles. The highest BCUT2D eigenvalue weighted by Crippen LogP contribution is 2.10. The van der Waals surface area contributed by atoms with E-state index in [9.17, 15) is 0 Å². The van der Waals surface area contributed by atoms with Gasteiger partial charge >= 0.3 is 0 Å². The van der Waals surface area contributed by atoms with Crippen molar-refractivity contribution >= 4 is 11.8 Å². The smallest absolute Gasteiger partial charge is 0.0470 e. The first kappa shape index (κ1) is 11.3. The largest absolute Gasteiger partial charge is 0.385 e. The van der Waals surface area contributed by atoms with Crippen LogP contribution in [0.5, 0.6) is 0 Å². The van der Waals surface area contributed by atoms with E-state index >= 15 is 0 Å². The minimum absolute atomic E-state index is 0.0300. The Bertz CT molecular complexity index is 90.6. The number of methoxy groups -OCH3 is 1. The summed E-state index contributed by atoms with van der Waals surface area (Å²) in [6.45, 7) is 4.96. The molecular formula is C8H19NOS. The van der Waals surface area contributed by atoms with Gasteiger partial charge in [0, 0.05) is 25.0 Å². The molecule has 0 radical (unpaired) electrons. The first-order valence-corrected chi connectivity index (χ1v) is 5.07. The van der Waals surface area contributed by atoms with Gasteiger partial charge in [-0.3, -0.25) is 0 Å². The van der Waals surface area contributed by atoms with Gasteiger partial charge in [0.2, 0.25) is 0 Å². The van der Waals surface area contributed by atoms with Gasteiger partial charge in [0.1, 0.15) is 0 Å². The first-order valence-electron chi connectivity index (χ1n) is 3.92. The van der Waals surface area contributed by atoms with Crippen molar-refractivity contribution < 1.29 is 4.74 Å². The average molecular weight is 177 g/mol. The van der Waals surface area contributed by atoms with Crippen molar-refractivity contribution in [3.63, 3.8) is 0 Å². The van der Waals surface area contributed by atoms with Gasteiger partial charge < -0.3 is 10.5 Å². The Morgan fingerprint density at radius 2 is 2.09 bits per heavy atom. The molecule has 0 aliphatic carbocycles. The van der Waals surface area contributed by atoms with E-state index in [1.54, 1.807) is 7.11 Å². The van der Waals surface area contributed by atoms with E-state index in [1.165, 1.54) is 0 Å². The van der Waals surface area contributed by atoms with Crippen LogP contribution in [0.2, 0.25) is 0 Å². The predicted molar refractivity (Wildman–Crippen MR) is 52.1 cm³/mol. The molecule has 0 heterocycles. The summed E-state index contributed by atoms with van der Waals surface area (Å²) in [5.74, 6) is 2.17. The summed E-state index contributed by atoms with van der Waals surface area (Å²) in [4.78, 5) is 0. The monoisotopic (exact) mass is 177 g/mol. The van der Waals surface area contributed by atoms with Gasteiger partial charge in [-0.15, -0.1) is 0 Å². The minimum Gasteiger partial charge on any atom is -0.385 e. The quantitative estimate of drug-likeness (QED) is 0.624. The third-order valence-corrected chi connectivity index (χ3v) is 2.64. The SMILES string of the molecule is COCCCSCC(C)(C)N. The van der Waals surface area contributed by atoms with Crippen LogP contribution < -0.4 is 5.73 Å². The summed E-state index contributed by atoms with van der Waals surface area (Å²) in [5, 5.41) is 0. The number of nitrogens with two attached hydrogens (primary N) is 1. The van der Waals surface area contributed by atoms with Gasteiger partial charge in [-0.1, -0.05) is 0 Å². The van der Waals surface area contributed by atoms with Gasteiger partial charge in [0.15, 0.2) is 0 Å². The molecule has 0 spiro atoms. The van der Waals surface area contributed by atoms with E-state index in [-0.39, 0.29) is 5.54 Å². The Morgan fingerprint density at radius 3 is 2.55 bits per heavy atom. The van der Waals surface area contributed by atoms with Crippen molar-refractivity contribution in [2.24, 2.45) is 5.73 Å². The van der Waals surface area contributed by atoms with Crippen molar-refractivity contribution in [1.82, 2.24) is 0 Å². The normalized spacial score (nSPS) is 12.0. The summed E-state index contributed by atoms with van der Waals surface area (Å²) in [6.07, 6.45) is 1.12. The summed E-state index contributed by atoms with van der Waals surface area (Å²) in [6, 6.07) is 0. The first-order chi connectivity index (χ1) is 5.06. The fourth-order valence-corrected chi connectivity index (χ4v) is 1.63. The molecule has 0 aromatic carbocycles. The van der Waals surface area contributed by atoms with Crippen molar-refractivity contribution in [2.75, 3.05) is 25.2 Å². The van der Waals surface area contributed by atoms with Crippen LogP contribution in [-0.4, -0.2) is 30.8 Å². The third-order valence-electron chi connectivity index (χ3n) is 1.11. The summed E-state index contributed by atoms with van der Waals surface area (Å²) < 4.78 is 4.93. The zero-order valence-corrected chi connectivity index (χ0v) is 8.54. The Labute approximate surface area is 73.9 Å². The number of hydrogen-bond donors (Lipinski definition) is 1. The van der Waals surface area contributed by atoms with Gasteiger partial charge in [0.05, 0.1) is 0 Å². The standard InChI is InChI=1S/C8H19NOS/c1-8(2,9)7-11-6-4-5-10-3/h4-7,9H2,1-3H3. The summed E-state index contributed by atoms with van der Waals surface area (Å²) in [7, 11) is 1.73. The highest BCUT2D eigenvalue weighted by molar-refractivity contribution is 7.99. The summed E-state index contributed by atoms with van der Waals surface area (Å²) >= 11 is 1.90. The second-order valence-corrected chi connectivity index (χ2v) is 4.49. The topological polar surface area (TPSA) is 35.2 Å². The molecule has 0 aromatic heterocycles. The van der Waals surface area contributed by atoms with Gasteiger partial charge in [-0.25, -0.2) is 0 Å². The molecule has 0 aliphatic heterocycles. The number of rotatable bonds is 6. The zero-order valence-electron chi connectivity index (χ0n) is 7.72. The maximum atomic E-state index is 5.80. The lowest BCUT2D eigenvalue weighted by Gasteiger charge is -2.17. The van der Waals surface area contributed by atoms with Gasteiger partial charge in [-0.05, 0) is 26.0 Å². The molecule has 11 heavy (non-hydrogen) atoms. The highest BCUT2D eigenvalue weighted by atomic mass is 32.2.